The van der Waals surface area contributed by atoms with Crippen LogP contribution in [0.3, 0.4) is 0 Å². The zero-order valence-electron chi connectivity index (χ0n) is 14.8. The molecular formula is C22H20N3O+. The number of hydrogen-bond donors (Lipinski definition) is 2. The molecule has 0 aliphatic carbocycles. The lowest BCUT2D eigenvalue weighted by atomic mass is 10.1. The summed E-state index contributed by atoms with van der Waals surface area (Å²) in [5.74, 6) is -0.0789. The quantitative estimate of drug-likeness (QED) is 0.425. The van der Waals surface area contributed by atoms with Gasteiger partial charge in [0.15, 0.2) is 0 Å². The maximum Gasteiger partial charge on any atom is 0.221 e. The van der Waals surface area contributed by atoms with Gasteiger partial charge in [-0.2, -0.15) is 4.57 Å². The molecule has 0 radical (unpaired) electrons. The number of amides is 1. The van der Waals surface area contributed by atoms with Crippen molar-refractivity contribution < 1.29 is 9.36 Å². The Bertz CT molecular complexity index is 1080. The van der Waals surface area contributed by atoms with Crippen LogP contribution in [0.5, 0.6) is 0 Å². The highest BCUT2D eigenvalue weighted by Crippen LogP contribution is 2.32. The van der Waals surface area contributed by atoms with Gasteiger partial charge in [0.05, 0.1) is 16.5 Å². The van der Waals surface area contributed by atoms with E-state index >= 15 is 0 Å². The summed E-state index contributed by atoms with van der Waals surface area (Å²) in [5, 5.41) is 8.70. The van der Waals surface area contributed by atoms with Crippen molar-refractivity contribution in [1.29, 1.82) is 0 Å². The zero-order chi connectivity index (χ0) is 18.1. The van der Waals surface area contributed by atoms with Crippen molar-refractivity contribution in [2.45, 2.75) is 6.92 Å². The van der Waals surface area contributed by atoms with Gasteiger partial charge in [0, 0.05) is 30.4 Å². The third kappa shape index (κ3) is 2.86. The molecule has 0 saturated carbocycles. The van der Waals surface area contributed by atoms with E-state index in [-0.39, 0.29) is 5.91 Å². The van der Waals surface area contributed by atoms with E-state index in [0.29, 0.717) is 0 Å². The predicted molar refractivity (Wildman–Crippen MR) is 107 cm³/mol. The van der Waals surface area contributed by atoms with Crippen LogP contribution in [0.4, 0.5) is 17.1 Å². The van der Waals surface area contributed by atoms with Gasteiger partial charge >= 0.3 is 0 Å². The molecule has 1 aromatic heterocycles. The van der Waals surface area contributed by atoms with Crippen molar-refractivity contribution in [3.63, 3.8) is 0 Å². The van der Waals surface area contributed by atoms with Crippen LogP contribution in [0.15, 0.2) is 72.8 Å². The molecule has 1 heterocycles. The molecule has 0 saturated heterocycles. The van der Waals surface area contributed by atoms with Crippen molar-refractivity contribution in [1.82, 2.24) is 0 Å². The van der Waals surface area contributed by atoms with E-state index in [2.05, 4.69) is 70.8 Å². The maximum atomic E-state index is 11.3. The third-order valence-electron chi connectivity index (χ3n) is 4.52. The molecule has 4 nitrogen and oxygen atoms in total. The van der Waals surface area contributed by atoms with Gasteiger partial charge in [0.25, 0.3) is 0 Å². The maximum absolute atomic E-state index is 11.3. The molecule has 4 aromatic rings. The standard InChI is InChI=1S/C22H19N3O/c1-15(26)23-16-8-7-9-17(14-16)24-22-18-10-3-5-12-20(18)25(2)21-13-6-4-11-19(21)22/h3-14H,1-2H3,(H,23,26)/p+1. The van der Waals surface area contributed by atoms with Gasteiger partial charge in [0.1, 0.15) is 7.05 Å². The lowest BCUT2D eigenvalue weighted by Gasteiger charge is -2.13. The SMILES string of the molecule is CC(=O)Nc1cccc(Nc2c3ccccc3[n+](C)c3ccccc23)c1. The Morgan fingerprint density at radius 2 is 1.38 bits per heavy atom. The Balaban J connectivity index is 1.90. The van der Waals surface area contributed by atoms with Crippen LogP contribution < -0.4 is 15.2 Å². The predicted octanol–water partition coefficient (Wildman–Crippen LogP) is 4.52. The fourth-order valence-electron chi connectivity index (χ4n) is 3.39. The molecule has 1 amide bonds. The van der Waals surface area contributed by atoms with E-state index in [4.69, 9.17) is 0 Å². The largest absolute Gasteiger partial charge is 0.354 e. The number of aromatic nitrogens is 1. The van der Waals surface area contributed by atoms with Crippen molar-refractivity contribution in [3.8, 4) is 0 Å². The molecule has 0 unspecified atom stereocenters. The van der Waals surface area contributed by atoms with Gasteiger partial charge in [-0.1, -0.05) is 30.3 Å². The smallest absolute Gasteiger partial charge is 0.221 e. The average Bonchev–Trinajstić information content (AvgIpc) is 2.65. The summed E-state index contributed by atoms with van der Waals surface area (Å²) in [6.45, 7) is 1.51. The molecule has 128 valence electrons. The molecule has 2 N–H and O–H groups in total. The van der Waals surface area contributed by atoms with Gasteiger partial charge in [-0.3, -0.25) is 4.79 Å². The number of nitrogens with zero attached hydrogens (tertiary/aromatic N) is 1. The second-order valence-electron chi connectivity index (χ2n) is 6.36. The average molecular weight is 342 g/mol. The highest BCUT2D eigenvalue weighted by Gasteiger charge is 2.17. The minimum absolute atomic E-state index is 0.0789. The number of nitrogens with one attached hydrogen (secondary N) is 2. The van der Waals surface area contributed by atoms with Crippen molar-refractivity contribution in [2.24, 2.45) is 7.05 Å². The number of carbonyl (C=O) groups is 1. The molecule has 0 aliphatic heterocycles. The lowest BCUT2D eigenvalue weighted by molar-refractivity contribution is -0.617. The van der Waals surface area contributed by atoms with Crippen LogP contribution in [0.2, 0.25) is 0 Å². The molecular weight excluding hydrogens is 322 g/mol. The molecule has 26 heavy (non-hydrogen) atoms. The van der Waals surface area contributed by atoms with Crippen LogP contribution in [-0.4, -0.2) is 5.91 Å². The monoisotopic (exact) mass is 342 g/mol. The van der Waals surface area contributed by atoms with Gasteiger partial charge in [-0.05, 0) is 30.3 Å². The summed E-state index contributed by atoms with van der Waals surface area (Å²) in [7, 11) is 2.09. The number of para-hydroxylation sites is 2. The summed E-state index contributed by atoms with van der Waals surface area (Å²) >= 11 is 0. The first-order chi connectivity index (χ1) is 12.6. The van der Waals surface area contributed by atoms with E-state index in [1.807, 2.05) is 24.3 Å². The zero-order valence-corrected chi connectivity index (χ0v) is 14.8. The van der Waals surface area contributed by atoms with Crippen LogP contribution in [0.1, 0.15) is 6.92 Å². The summed E-state index contributed by atoms with van der Waals surface area (Å²) in [6, 6.07) is 24.5. The number of benzene rings is 3. The summed E-state index contributed by atoms with van der Waals surface area (Å²) in [4.78, 5) is 11.3. The number of pyridine rings is 1. The van der Waals surface area contributed by atoms with Gasteiger partial charge in [-0.25, -0.2) is 0 Å². The minimum Gasteiger partial charge on any atom is -0.354 e. The molecule has 0 atom stereocenters. The minimum atomic E-state index is -0.0789. The molecule has 0 spiro atoms. The highest BCUT2D eigenvalue weighted by molar-refractivity contribution is 6.06. The van der Waals surface area contributed by atoms with E-state index in [9.17, 15) is 4.79 Å². The highest BCUT2D eigenvalue weighted by atomic mass is 16.1. The van der Waals surface area contributed by atoms with Crippen molar-refractivity contribution >= 4 is 44.8 Å². The molecule has 3 aromatic carbocycles. The topological polar surface area (TPSA) is 45.0 Å². The van der Waals surface area contributed by atoms with E-state index in [1.165, 1.54) is 6.92 Å². The normalized spacial score (nSPS) is 10.8. The van der Waals surface area contributed by atoms with Crippen molar-refractivity contribution in [2.75, 3.05) is 10.6 Å². The number of carbonyl (C=O) groups excluding carboxylic acids is 1. The first-order valence-electron chi connectivity index (χ1n) is 8.57. The van der Waals surface area contributed by atoms with Gasteiger partial charge in [0.2, 0.25) is 16.9 Å². The number of aryl methyl sites for hydroxylation is 1. The Labute approximate surface area is 152 Å². The Kier molecular flexibility index (Phi) is 4.01. The molecule has 0 bridgehead atoms. The lowest BCUT2D eigenvalue weighted by Crippen LogP contribution is -2.30. The summed E-state index contributed by atoms with van der Waals surface area (Å²) < 4.78 is 2.21. The Morgan fingerprint density at radius 3 is 2.00 bits per heavy atom. The second kappa shape index (κ2) is 6.48. The summed E-state index contributed by atoms with van der Waals surface area (Å²) in [6.07, 6.45) is 0. The number of rotatable bonds is 3. The van der Waals surface area contributed by atoms with Crippen LogP contribution in [-0.2, 0) is 11.8 Å². The van der Waals surface area contributed by atoms with Crippen LogP contribution in [0, 0.1) is 0 Å². The molecule has 0 fully saturated rings. The number of fused-ring (bicyclic) bond motifs is 2. The molecule has 0 aliphatic rings. The summed E-state index contributed by atoms with van der Waals surface area (Å²) in [5.41, 5.74) is 5.09. The van der Waals surface area contributed by atoms with E-state index < -0.39 is 0 Å². The van der Waals surface area contributed by atoms with E-state index in [1.54, 1.807) is 0 Å². The first kappa shape index (κ1) is 16.1. The second-order valence-corrected chi connectivity index (χ2v) is 6.36. The van der Waals surface area contributed by atoms with E-state index in [0.717, 1.165) is 38.9 Å². The van der Waals surface area contributed by atoms with Gasteiger partial charge < -0.3 is 10.6 Å². The van der Waals surface area contributed by atoms with Crippen LogP contribution in [0.25, 0.3) is 21.8 Å². The van der Waals surface area contributed by atoms with Crippen molar-refractivity contribution in [3.05, 3.63) is 72.8 Å². The fourth-order valence-corrected chi connectivity index (χ4v) is 3.39. The number of hydrogen-bond acceptors (Lipinski definition) is 2. The number of anilines is 3. The third-order valence-corrected chi connectivity index (χ3v) is 4.52. The Morgan fingerprint density at radius 1 is 0.808 bits per heavy atom. The molecule has 4 heteroatoms. The molecule has 4 rings (SSSR count). The fraction of sp³-hybridized carbons (Fsp3) is 0.0909. The first-order valence-corrected chi connectivity index (χ1v) is 8.57. The Hall–Kier alpha value is -3.40. The van der Waals surface area contributed by atoms with Gasteiger partial charge in [-0.15, -0.1) is 0 Å². The van der Waals surface area contributed by atoms with Crippen LogP contribution >= 0.6 is 0 Å².